The molecule has 0 saturated carbocycles. The fourth-order valence-electron chi connectivity index (χ4n) is 3.42. The normalized spacial score (nSPS) is 22.0. The molecule has 1 aliphatic heterocycles. The zero-order valence-corrected chi connectivity index (χ0v) is 13.8. The van der Waals surface area contributed by atoms with Crippen molar-refractivity contribution in [3.05, 3.63) is 41.2 Å². The molecule has 1 aliphatic carbocycles. The molecule has 2 aliphatic rings. The second-order valence-corrected chi connectivity index (χ2v) is 7.05. The van der Waals surface area contributed by atoms with E-state index >= 15 is 0 Å². The molecule has 114 valence electrons. The van der Waals surface area contributed by atoms with E-state index in [0.29, 0.717) is 11.2 Å². The van der Waals surface area contributed by atoms with Crippen molar-refractivity contribution in [1.82, 2.24) is 14.9 Å². The molecule has 2 heterocycles. The third kappa shape index (κ3) is 2.02. The van der Waals surface area contributed by atoms with E-state index in [9.17, 15) is 0 Å². The van der Waals surface area contributed by atoms with Gasteiger partial charge in [-0.3, -0.25) is 0 Å². The summed E-state index contributed by atoms with van der Waals surface area (Å²) in [5.74, 6) is 1.53. The van der Waals surface area contributed by atoms with Crippen LogP contribution in [0.15, 0.2) is 34.5 Å². The highest BCUT2D eigenvalue weighted by Crippen LogP contribution is 2.46. The van der Waals surface area contributed by atoms with E-state index in [-0.39, 0.29) is 0 Å². The molecular weight excluding hydrogens is 292 g/mol. The van der Waals surface area contributed by atoms with Gasteiger partial charge in [-0.25, -0.2) is 0 Å². The molecule has 1 aromatic carbocycles. The first-order valence-electron chi connectivity index (χ1n) is 8.12. The molecule has 0 bridgehead atoms. The van der Waals surface area contributed by atoms with Gasteiger partial charge in [0, 0.05) is 17.9 Å². The van der Waals surface area contributed by atoms with Crippen molar-refractivity contribution in [3.8, 4) is 0 Å². The molecule has 4 rings (SSSR count). The number of aryl methyl sites for hydroxylation is 1. The predicted molar refractivity (Wildman–Crippen MR) is 89.7 cm³/mol. The highest BCUT2D eigenvalue weighted by atomic mass is 32.2. The SMILES string of the molecule is CCCCc1nnc2n1N=C1c3ccccc3C(CC)C1S2. The quantitative estimate of drug-likeness (QED) is 0.861. The molecule has 2 aromatic rings. The maximum atomic E-state index is 4.95. The van der Waals surface area contributed by atoms with Gasteiger partial charge in [0.2, 0.25) is 5.16 Å². The molecule has 1 aromatic heterocycles. The monoisotopic (exact) mass is 312 g/mol. The Kier molecular flexibility index (Phi) is 3.53. The van der Waals surface area contributed by atoms with Gasteiger partial charge < -0.3 is 0 Å². The van der Waals surface area contributed by atoms with Gasteiger partial charge in [0.1, 0.15) is 0 Å². The largest absolute Gasteiger partial charge is 0.212 e. The van der Waals surface area contributed by atoms with E-state index in [0.717, 1.165) is 36.7 Å². The maximum absolute atomic E-state index is 4.95. The molecule has 0 N–H and O–H groups in total. The Morgan fingerprint density at radius 1 is 1.18 bits per heavy atom. The number of hydrogen-bond acceptors (Lipinski definition) is 4. The van der Waals surface area contributed by atoms with Gasteiger partial charge in [0.15, 0.2) is 5.82 Å². The van der Waals surface area contributed by atoms with Crippen molar-refractivity contribution in [1.29, 1.82) is 0 Å². The number of unbranched alkanes of at least 4 members (excludes halogenated alkanes) is 1. The van der Waals surface area contributed by atoms with Crippen LogP contribution in [0.4, 0.5) is 0 Å². The van der Waals surface area contributed by atoms with Crippen LogP contribution in [0.2, 0.25) is 0 Å². The van der Waals surface area contributed by atoms with Crippen molar-refractivity contribution in [2.24, 2.45) is 5.10 Å². The van der Waals surface area contributed by atoms with E-state index < -0.39 is 0 Å². The second-order valence-electron chi connectivity index (χ2n) is 5.94. The first-order valence-corrected chi connectivity index (χ1v) is 9.00. The van der Waals surface area contributed by atoms with Crippen LogP contribution in [-0.2, 0) is 6.42 Å². The van der Waals surface area contributed by atoms with Gasteiger partial charge in [-0.15, -0.1) is 10.2 Å². The number of rotatable bonds is 4. The molecule has 0 radical (unpaired) electrons. The summed E-state index contributed by atoms with van der Waals surface area (Å²) in [6.07, 6.45) is 4.37. The average Bonchev–Trinajstić information content (AvgIpc) is 3.09. The smallest absolute Gasteiger partial charge is 0.191 e. The minimum Gasteiger partial charge on any atom is -0.191 e. The van der Waals surface area contributed by atoms with Crippen molar-refractivity contribution in [3.63, 3.8) is 0 Å². The minimum absolute atomic E-state index is 0.387. The zero-order valence-electron chi connectivity index (χ0n) is 13.0. The minimum atomic E-state index is 0.387. The van der Waals surface area contributed by atoms with Gasteiger partial charge in [-0.2, -0.15) is 9.78 Å². The standard InChI is InChI=1S/C17H20N4S/c1-3-5-10-14-18-19-17-21(14)20-15-13-9-7-6-8-12(13)11(4-2)16(15)22-17/h6-9,11,16H,3-5,10H2,1-2H3. The van der Waals surface area contributed by atoms with E-state index in [1.54, 1.807) is 0 Å². The van der Waals surface area contributed by atoms with Crippen LogP contribution in [0.3, 0.4) is 0 Å². The summed E-state index contributed by atoms with van der Waals surface area (Å²) in [5.41, 5.74) is 3.96. The molecular formula is C17H20N4S. The van der Waals surface area contributed by atoms with E-state index in [4.69, 9.17) is 5.10 Å². The lowest BCUT2D eigenvalue weighted by Gasteiger charge is -2.21. The van der Waals surface area contributed by atoms with Crippen molar-refractivity contribution in [2.75, 3.05) is 0 Å². The predicted octanol–water partition coefficient (Wildman–Crippen LogP) is 3.85. The van der Waals surface area contributed by atoms with Crippen LogP contribution < -0.4 is 0 Å². The fourth-order valence-corrected chi connectivity index (χ4v) is 4.78. The van der Waals surface area contributed by atoms with Crippen molar-refractivity contribution < 1.29 is 0 Å². The van der Waals surface area contributed by atoms with Gasteiger partial charge in [-0.1, -0.05) is 56.3 Å². The highest BCUT2D eigenvalue weighted by molar-refractivity contribution is 8.00. The van der Waals surface area contributed by atoms with E-state index in [2.05, 4.69) is 48.3 Å². The summed E-state index contributed by atoms with van der Waals surface area (Å²) in [6, 6.07) is 8.71. The first-order chi connectivity index (χ1) is 10.8. The molecule has 0 spiro atoms. The van der Waals surface area contributed by atoms with E-state index in [1.165, 1.54) is 16.8 Å². The van der Waals surface area contributed by atoms with Crippen LogP contribution in [-0.4, -0.2) is 25.8 Å². The van der Waals surface area contributed by atoms with Crippen molar-refractivity contribution >= 4 is 17.5 Å². The number of nitrogens with zero attached hydrogens (tertiary/aromatic N) is 4. The molecule has 2 atom stereocenters. The van der Waals surface area contributed by atoms with Gasteiger partial charge >= 0.3 is 0 Å². The lowest BCUT2D eigenvalue weighted by atomic mass is 9.99. The fraction of sp³-hybridized carbons (Fsp3) is 0.471. The Balaban J connectivity index is 1.79. The third-order valence-corrected chi connectivity index (χ3v) is 5.85. The second kappa shape index (κ2) is 5.54. The third-order valence-electron chi connectivity index (χ3n) is 4.58. The summed E-state index contributed by atoms with van der Waals surface area (Å²) in [4.78, 5) is 0. The summed E-state index contributed by atoms with van der Waals surface area (Å²) in [6.45, 7) is 4.46. The van der Waals surface area contributed by atoms with Gasteiger partial charge in [0.25, 0.3) is 0 Å². The van der Waals surface area contributed by atoms with E-state index in [1.807, 2.05) is 16.4 Å². The Bertz CT molecular complexity index is 734. The van der Waals surface area contributed by atoms with Gasteiger partial charge in [0.05, 0.1) is 11.0 Å². The molecule has 4 nitrogen and oxygen atoms in total. The number of benzene rings is 1. The van der Waals surface area contributed by atoms with Crippen molar-refractivity contribution in [2.45, 2.75) is 55.9 Å². The topological polar surface area (TPSA) is 43.1 Å². The summed E-state index contributed by atoms with van der Waals surface area (Å²) < 4.78 is 1.97. The molecule has 5 heteroatoms. The van der Waals surface area contributed by atoms with Crippen LogP contribution >= 0.6 is 11.8 Å². The number of thioether (sulfide) groups is 1. The molecule has 22 heavy (non-hydrogen) atoms. The van der Waals surface area contributed by atoms with Crippen LogP contribution in [0.25, 0.3) is 0 Å². The zero-order chi connectivity index (χ0) is 15.1. The van der Waals surface area contributed by atoms with Crippen LogP contribution in [0.1, 0.15) is 56.0 Å². The first kappa shape index (κ1) is 14.0. The Morgan fingerprint density at radius 2 is 2.05 bits per heavy atom. The molecule has 2 unspecified atom stereocenters. The van der Waals surface area contributed by atoms with Gasteiger partial charge in [-0.05, 0) is 18.4 Å². The Hall–Kier alpha value is -1.62. The summed E-state index contributed by atoms with van der Waals surface area (Å²) in [5, 5.41) is 15.0. The number of aromatic nitrogens is 3. The molecule has 0 saturated heterocycles. The highest BCUT2D eigenvalue weighted by Gasteiger charge is 2.41. The average molecular weight is 312 g/mol. The lowest BCUT2D eigenvalue weighted by Crippen LogP contribution is -2.23. The number of hydrogen-bond donors (Lipinski definition) is 0. The van der Waals surface area contributed by atoms with Crippen LogP contribution in [0, 0.1) is 0 Å². The maximum Gasteiger partial charge on any atom is 0.212 e. The molecule has 0 amide bonds. The Morgan fingerprint density at radius 3 is 2.86 bits per heavy atom. The summed E-state index contributed by atoms with van der Waals surface area (Å²) in [7, 11) is 0. The Labute approximate surface area is 135 Å². The van der Waals surface area contributed by atoms with Crippen LogP contribution in [0.5, 0.6) is 0 Å². The number of fused-ring (bicyclic) bond motifs is 4. The lowest BCUT2D eigenvalue weighted by molar-refractivity contribution is 0.655. The molecule has 0 fully saturated rings. The summed E-state index contributed by atoms with van der Waals surface area (Å²) >= 11 is 1.83.